The maximum Gasteiger partial charge on any atom is 0.337 e. The van der Waals surface area contributed by atoms with E-state index in [2.05, 4.69) is 5.32 Å². The molecule has 0 radical (unpaired) electrons. The third kappa shape index (κ3) is 4.11. The van der Waals surface area contributed by atoms with Crippen molar-refractivity contribution >= 4 is 35.1 Å². The van der Waals surface area contributed by atoms with Crippen molar-refractivity contribution in [2.24, 2.45) is 0 Å². The van der Waals surface area contributed by atoms with Crippen LogP contribution in [0.3, 0.4) is 0 Å². The molecule has 7 heteroatoms. The van der Waals surface area contributed by atoms with Gasteiger partial charge in [-0.15, -0.1) is 0 Å². The van der Waals surface area contributed by atoms with E-state index in [1.54, 1.807) is 30.3 Å². The predicted octanol–water partition coefficient (Wildman–Crippen LogP) is 3.24. The number of carboxylic acid groups (broad SMARTS) is 2. The fourth-order valence-corrected chi connectivity index (χ4v) is 2.52. The third-order valence-corrected chi connectivity index (χ3v) is 3.74. The molecule has 124 valence electrons. The van der Waals surface area contributed by atoms with Crippen molar-refractivity contribution < 1.29 is 24.6 Å². The number of carboxylic acids is 2. The Morgan fingerprint density at radius 2 is 1.62 bits per heavy atom. The topological polar surface area (TPSA) is 104 Å². The van der Waals surface area contributed by atoms with Gasteiger partial charge in [0.2, 0.25) is 5.91 Å². The average Bonchev–Trinajstić information content (AvgIpc) is 2.53. The van der Waals surface area contributed by atoms with E-state index in [0.717, 1.165) is 0 Å². The summed E-state index contributed by atoms with van der Waals surface area (Å²) in [5, 5.41) is 21.2. The van der Waals surface area contributed by atoms with Gasteiger partial charge in [-0.2, -0.15) is 0 Å². The highest BCUT2D eigenvalue weighted by molar-refractivity contribution is 6.31. The minimum absolute atomic E-state index is 0.0736. The number of amides is 1. The number of hydrogen-bond donors (Lipinski definition) is 3. The Hall–Kier alpha value is -2.86. The number of anilines is 1. The van der Waals surface area contributed by atoms with Gasteiger partial charge in [0, 0.05) is 11.4 Å². The molecule has 24 heavy (non-hydrogen) atoms. The van der Waals surface area contributed by atoms with E-state index in [-0.39, 0.29) is 22.7 Å². The van der Waals surface area contributed by atoms with Crippen LogP contribution in [-0.4, -0.2) is 28.1 Å². The standard InChI is InChI=1S/C17H14ClNO5/c18-13-7-3-1-5-10(13)12(17(23)24)9-15(20)19-14-8-4-2-6-11(14)16(21)22/h1-8,12H,9H2,(H,19,20)(H,21,22)(H,23,24). The average molecular weight is 348 g/mol. The summed E-state index contributed by atoms with van der Waals surface area (Å²) in [4.78, 5) is 34.8. The number of carbonyl (C=O) groups excluding carboxylic acids is 1. The van der Waals surface area contributed by atoms with Crippen molar-refractivity contribution in [1.82, 2.24) is 0 Å². The van der Waals surface area contributed by atoms with E-state index in [1.165, 1.54) is 18.2 Å². The van der Waals surface area contributed by atoms with Crippen molar-refractivity contribution in [3.63, 3.8) is 0 Å². The molecule has 6 nitrogen and oxygen atoms in total. The van der Waals surface area contributed by atoms with Gasteiger partial charge in [0.15, 0.2) is 0 Å². The number of nitrogens with one attached hydrogen (secondary N) is 1. The summed E-state index contributed by atoms with van der Waals surface area (Å²) in [5.74, 6) is -4.12. The third-order valence-electron chi connectivity index (χ3n) is 3.40. The molecule has 0 fully saturated rings. The molecule has 0 aliphatic carbocycles. The van der Waals surface area contributed by atoms with Crippen molar-refractivity contribution in [2.45, 2.75) is 12.3 Å². The highest BCUT2D eigenvalue weighted by Crippen LogP contribution is 2.28. The molecule has 3 N–H and O–H groups in total. The number of benzene rings is 2. The van der Waals surface area contributed by atoms with E-state index in [1.807, 2.05) is 0 Å². The van der Waals surface area contributed by atoms with E-state index in [0.29, 0.717) is 5.56 Å². The Balaban J connectivity index is 2.20. The lowest BCUT2D eigenvalue weighted by atomic mass is 9.95. The number of aromatic carboxylic acids is 1. The molecule has 2 rings (SSSR count). The monoisotopic (exact) mass is 347 g/mol. The van der Waals surface area contributed by atoms with Gasteiger partial charge in [-0.05, 0) is 23.8 Å². The molecule has 0 aliphatic rings. The summed E-state index contributed by atoms with van der Waals surface area (Å²) in [5.41, 5.74) is 0.363. The van der Waals surface area contributed by atoms with Gasteiger partial charge < -0.3 is 15.5 Å². The van der Waals surface area contributed by atoms with E-state index in [9.17, 15) is 19.5 Å². The van der Waals surface area contributed by atoms with E-state index >= 15 is 0 Å². The molecule has 0 aliphatic heterocycles. The lowest BCUT2D eigenvalue weighted by Gasteiger charge is -2.15. The van der Waals surface area contributed by atoms with Gasteiger partial charge >= 0.3 is 11.9 Å². The molecule has 0 heterocycles. The number of rotatable bonds is 6. The molecule has 0 saturated carbocycles. The summed E-state index contributed by atoms with van der Waals surface area (Å²) < 4.78 is 0. The minimum Gasteiger partial charge on any atom is -0.481 e. The van der Waals surface area contributed by atoms with Crippen LogP contribution in [-0.2, 0) is 9.59 Å². The van der Waals surface area contributed by atoms with Crippen LogP contribution in [0.2, 0.25) is 5.02 Å². The molecular formula is C17H14ClNO5. The fraction of sp³-hybridized carbons (Fsp3) is 0.118. The van der Waals surface area contributed by atoms with Crippen LogP contribution in [0, 0.1) is 0 Å². The quantitative estimate of drug-likeness (QED) is 0.744. The number of halogens is 1. The van der Waals surface area contributed by atoms with Gasteiger partial charge in [-0.25, -0.2) is 4.79 Å². The molecule has 0 spiro atoms. The van der Waals surface area contributed by atoms with Gasteiger partial charge in [-0.3, -0.25) is 9.59 Å². The van der Waals surface area contributed by atoms with Crippen LogP contribution in [0.25, 0.3) is 0 Å². The second-order valence-corrected chi connectivity index (χ2v) is 5.42. The molecule has 0 aromatic heterocycles. The smallest absolute Gasteiger partial charge is 0.337 e. The van der Waals surface area contributed by atoms with Crippen molar-refractivity contribution in [1.29, 1.82) is 0 Å². The van der Waals surface area contributed by atoms with Crippen molar-refractivity contribution in [3.05, 3.63) is 64.7 Å². The molecule has 1 atom stereocenters. The molecular weight excluding hydrogens is 334 g/mol. The summed E-state index contributed by atoms with van der Waals surface area (Å²) >= 11 is 6.00. The lowest BCUT2D eigenvalue weighted by molar-refractivity contribution is -0.140. The first-order chi connectivity index (χ1) is 11.4. The first-order valence-corrected chi connectivity index (χ1v) is 7.37. The molecule has 0 saturated heterocycles. The van der Waals surface area contributed by atoms with Gasteiger partial charge in [0.05, 0.1) is 17.2 Å². The maximum atomic E-state index is 12.2. The lowest BCUT2D eigenvalue weighted by Crippen LogP contribution is -2.22. The highest BCUT2D eigenvalue weighted by atomic mass is 35.5. The molecule has 0 bridgehead atoms. The van der Waals surface area contributed by atoms with Gasteiger partial charge in [0.25, 0.3) is 0 Å². The highest BCUT2D eigenvalue weighted by Gasteiger charge is 2.25. The molecule has 2 aromatic carbocycles. The van der Waals surface area contributed by atoms with Crippen LogP contribution in [0.4, 0.5) is 5.69 Å². The first kappa shape index (κ1) is 17.5. The summed E-state index contributed by atoms with van der Waals surface area (Å²) in [7, 11) is 0. The minimum atomic E-state index is -1.19. The van der Waals surface area contributed by atoms with Crippen molar-refractivity contribution in [2.75, 3.05) is 5.32 Å². The number of hydrogen-bond acceptors (Lipinski definition) is 3. The second kappa shape index (κ2) is 7.61. The normalized spacial score (nSPS) is 11.5. The Labute approximate surface area is 142 Å². The van der Waals surface area contributed by atoms with Crippen LogP contribution in [0.15, 0.2) is 48.5 Å². The maximum absolute atomic E-state index is 12.2. The zero-order chi connectivity index (χ0) is 17.7. The van der Waals surface area contributed by atoms with E-state index in [4.69, 9.17) is 16.7 Å². The SMILES string of the molecule is O=C(CC(C(=O)O)c1ccccc1Cl)Nc1ccccc1C(=O)O. The first-order valence-electron chi connectivity index (χ1n) is 6.99. The summed E-state index contributed by atoms with van der Waals surface area (Å²) in [6.45, 7) is 0. The van der Waals surface area contributed by atoms with Crippen LogP contribution in [0.5, 0.6) is 0 Å². The Morgan fingerprint density at radius 3 is 2.25 bits per heavy atom. The molecule has 1 unspecified atom stereocenters. The number of para-hydroxylation sites is 1. The second-order valence-electron chi connectivity index (χ2n) is 5.02. The summed E-state index contributed by atoms with van der Waals surface area (Å²) in [6, 6.07) is 12.3. The van der Waals surface area contributed by atoms with Crippen LogP contribution in [0.1, 0.15) is 28.3 Å². The van der Waals surface area contributed by atoms with Crippen LogP contribution < -0.4 is 5.32 Å². The largest absolute Gasteiger partial charge is 0.481 e. The number of aliphatic carboxylic acids is 1. The fourth-order valence-electron chi connectivity index (χ4n) is 2.25. The zero-order valence-corrected chi connectivity index (χ0v) is 13.2. The Morgan fingerprint density at radius 1 is 1.00 bits per heavy atom. The predicted molar refractivity (Wildman–Crippen MR) is 88.5 cm³/mol. The molecule has 2 aromatic rings. The van der Waals surface area contributed by atoms with Crippen molar-refractivity contribution in [3.8, 4) is 0 Å². The number of carbonyl (C=O) groups is 3. The van der Waals surface area contributed by atoms with Crippen LogP contribution >= 0.6 is 11.6 Å². The zero-order valence-electron chi connectivity index (χ0n) is 12.4. The molecule has 1 amide bonds. The van der Waals surface area contributed by atoms with E-state index < -0.39 is 23.8 Å². The summed E-state index contributed by atoms with van der Waals surface area (Å²) in [6.07, 6.45) is -0.368. The van der Waals surface area contributed by atoms with Gasteiger partial charge in [-0.1, -0.05) is 41.9 Å². The van der Waals surface area contributed by atoms with Gasteiger partial charge in [0.1, 0.15) is 0 Å². The Bertz CT molecular complexity index is 790. The Kier molecular flexibility index (Phi) is 5.55.